The Morgan fingerprint density at radius 2 is 2.11 bits per heavy atom. The number of carbonyl (C=O) groups is 1. The Hall–Kier alpha value is -1.38. The molecule has 0 spiro atoms. The van der Waals surface area contributed by atoms with Gasteiger partial charge in [0, 0.05) is 19.2 Å². The first kappa shape index (κ1) is 14.7. The lowest BCUT2D eigenvalue weighted by atomic mass is 10.3. The maximum Gasteiger partial charge on any atom is 0.341 e. The Bertz CT molecular complexity index is 520. The smallest absolute Gasteiger partial charge is 0.341 e. The highest BCUT2D eigenvalue weighted by atomic mass is 32.2. The molecule has 0 aliphatic carbocycles. The van der Waals surface area contributed by atoms with Crippen molar-refractivity contribution in [3.8, 4) is 0 Å². The van der Waals surface area contributed by atoms with Crippen LogP contribution in [0.1, 0.15) is 16.1 Å². The van der Waals surface area contributed by atoms with Gasteiger partial charge in [-0.15, -0.1) is 0 Å². The molecule has 0 atom stereocenters. The number of esters is 1. The summed E-state index contributed by atoms with van der Waals surface area (Å²) in [7, 11) is -0.815. The number of carbonyl (C=O) groups excluding carboxylic acids is 1. The van der Waals surface area contributed by atoms with E-state index in [2.05, 4.69) is 14.8 Å². The van der Waals surface area contributed by atoms with Crippen LogP contribution in [0.25, 0.3) is 0 Å². The van der Waals surface area contributed by atoms with Crippen LogP contribution in [-0.2, 0) is 14.8 Å². The number of hydrogen-bond acceptors (Lipinski definition) is 6. The van der Waals surface area contributed by atoms with Gasteiger partial charge in [-0.25, -0.2) is 17.9 Å². The highest BCUT2D eigenvalue weighted by Crippen LogP contribution is 2.19. The van der Waals surface area contributed by atoms with Crippen LogP contribution in [0.15, 0.2) is 15.6 Å². The lowest BCUT2D eigenvalue weighted by Crippen LogP contribution is -2.30. The summed E-state index contributed by atoms with van der Waals surface area (Å²) in [4.78, 5) is 11.3. The second-order valence-electron chi connectivity index (χ2n) is 3.53. The average molecular weight is 276 g/mol. The molecule has 7 nitrogen and oxygen atoms in total. The minimum Gasteiger partial charge on any atom is -0.465 e. The maximum absolute atomic E-state index is 11.8. The van der Waals surface area contributed by atoms with Crippen molar-refractivity contribution in [3.05, 3.63) is 17.4 Å². The molecule has 0 fully saturated rings. The van der Waals surface area contributed by atoms with Crippen molar-refractivity contribution in [3.63, 3.8) is 0 Å². The molecule has 1 aromatic heterocycles. The van der Waals surface area contributed by atoms with E-state index in [1.165, 1.54) is 14.0 Å². The molecule has 0 amide bonds. The van der Waals surface area contributed by atoms with E-state index in [1.807, 2.05) is 0 Å². The fraction of sp³-hybridized carbons (Fsp3) is 0.500. The van der Waals surface area contributed by atoms with E-state index in [-0.39, 0.29) is 23.0 Å². The van der Waals surface area contributed by atoms with E-state index in [0.29, 0.717) is 6.54 Å². The first-order chi connectivity index (χ1) is 8.42. The van der Waals surface area contributed by atoms with Crippen molar-refractivity contribution in [2.75, 3.05) is 27.2 Å². The average Bonchev–Trinajstić information content (AvgIpc) is 2.71. The Kier molecular flexibility index (Phi) is 4.88. The fourth-order valence-corrected chi connectivity index (χ4v) is 2.30. The van der Waals surface area contributed by atoms with Crippen molar-refractivity contribution in [1.82, 2.24) is 10.0 Å². The number of methoxy groups -OCH3 is 1. The Morgan fingerprint density at radius 1 is 1.44 bits per heavy atom. The van der Waals surface area contributed by atoms with Crippen LogP contribution in [0.4, 0.5) is 0 Å². The summed E-state index contributed by atoms with van der Waals surface area (Å²) in [5.74, 6) is -0.427. The molecular formula is C10H16N2O5S. The van der Waals surface area contributed by atoms with Gasteiger partial charge in [-0.1, -0.05) is 0 Å². The number of rotatable bonds is 6. The van der Waals surface area contributed by atoms with Gasteiger partial charge in [0.2, 0.25) is 5.09 Å². The number of ether oxygens (including phenoxy) is 1. The number of furan rings is 1. The summed E-state index contributed by atoms with van der Waals surface area (Å²) in [5, 5.41) is 2.51. The van der Waals surface area contributed by atoms with Gasteiger partial charge in [-0.3, -0.25) is 0 Å². The first-order valence-corrected chi connectivity index (χ1v) is 6.73. The number of likely N-dealkylation sites (N-methyl/N-ethyl adjacent to an activating group) is 1. The molecule has 0 saturated carbocycles. The normalized spacial score (nSPS) is 11.5. The van der Waals surface area contributed by atoms with Gasteiger partial charge in [0.05, 0.1) is 7.11 Å². The van der Waals surface area contributed by atoms with Gasteiger partial charge in [-0.05, 0) is 14.0 Å². The molecular weight excluding hydrogens is 260 g/mol. The molecule has 0 aliphatic heterocycles. The zero-order valence-corrected chi connectivity index (χ0v) is 11.3. The second-order valence-corrected chi connectivity index (χ2v) is 5.23. The van der Waals surface area contributed by atoms with Crippen molar-refractivity contribution in [2.24, 2.45) is 0 Å². The number of aryl methyl sites for hydroxylation is 1. The highest BCUT2D eigenvalue weighted by molar-refractivity contribution is 7.89. The van der Waals surface area contributed by atoms with E-state index in [1.54, 1.807) is 7.05 Å². The van der Waals surface area contributed by atoms with Crippen LogP contribution in [0.3, 0.4) is 0 Å². The fourth-order valence-electron chi connectivity index (χ4n) is 1.28. The lowest BCUT2D eigenvalue weighted by Gasteiger charge is -2.02. The van der Waals surface area contributed by atoms with Gasteiger partial charge >= 0.3 is 5.97 Å². The highest BCUT2D eigenvalue weighted by Gasteiger charge is 2.23. The number of hydrogen-bond donors (Lipinski definition) is 2. The molecule has 1 aromatic rings. The molecule has 2 N–H and O–H groups in total. The lowest BCUT2D eigenvalue weighted by molar-refractivity contribution is 0.0599. The number of sulfonamides is 1. The van der Waals surface area contributed by atoms with E-state index < -0.39 is 16.0 Å². The number of nitrogens with one attached hydrogen (secondary N) is 2. The van der Waals surface area contributed by atoms with E-state index in [9.17, 15) is 13.2 Å². The van der Waals surface area contributed by atoms with Gasteiger partial charge in [0.1, 0.15) is 11.3 Å². The predicted molar refractivity (Wildman–Crippen MR) is 63.9 cm³/mol. The Balaban J connectivity index is 2.93. The molecule has 0 bridgehead atoms. The van der Waals surface area contributed by atoms with Crippen molar-refractivity contribution in [1.29, 1.82) is 0 Å². The molecule has 0 aromatic carbocycles. The maximum atomic E-state index is 11.8. The van der Waals surface area contributed by atoms with Crippen LogP contribution in [0.5, 0.6) is 0 Å². The molecule has 8 heteroatoms. The summed E-state index contributed by atoms with van der Waals surface area (Å²) in [6.07, 6.45) is 0. The largest absolute Gasteiger partial charge is 0.465 e. The van der Waals surface area contributed by atoms with Crippen molar-refractivity contribution in [2.45, 2.75) is 12.0 Å². The van der Waals surface area contributed by atoms with Gasteiger partial charge < -0.3 is 14.5 Å². The van der Waals surface area contributed by atoms with Gasteiger partial charge in [0.25, 0.3) is 10.0 Å². The van der Waals surface area contributed by atoms with Crippen LogP contribution < -0.4 is 10.0 Å². The molecule has 0 aliphatic rings. The van der Waals surface area contributed by atoms with Crippen LogP contribution in [0, 0.1) is 6.92 Å². The standard InChI is InChI=1S/C10H16N2O5S/c1-7-8(10(13)16-3)6-9(17-7)18(14,15)12-5-4-11-2/h6,11-12H,4-5H2,1-3H3. The van der Waals surface area contributed by atoms with Crippen molar-refractivity contribution < 1.29 is 22.4 Å². The molecule has 1 heterocycles. The molecule has 0 radical (unpaired) electrons. The topological polar surface area (TPSA) is 97.6 Å². The molecule has 18 heavy (non-hydrogen) atoms. The van der Waals surface area contributed by atoms with Gasteiger partial charge in [-0.2, -0.15) is 0 Å². The Labute approximate surface area is 106 Å². The molecule has 102 valence electrons. The first-order valence-electron chi connectivity index (χ1n) is 5.25. The third-order valence-corrected chi connectivity index (χ3v) is 3.55. The zero-order chi connectivity index (χ0) is 13.8. The van der Waals surface area contributed by atoms with Crippen LogP contribution in [0.2, 0.25) is 0 Å². The quantitative estimate of drug-likeness (QED) is 0.555. The van der Waals surface area contributed by atoms with Crippen molar-refractivity contribution >= 4 is 16.0 Å². The minimum atomic E-state index is -3.74. The van der Waals surface area contributed by atoms with E-state index >= 15 is 0 Å². The summed E-state index contributed by atoms with van der Waals surface area (Å²) in [6, 6.07) is 1.16. The molecule has 1 rings (SSSR count). The van der Waals surface area contributed by atoms with E-state index in [4.69, 9.17) is 4.42 Å². The molecule has 0 saturated heterocycles. The van der Waals surface area contributed by atoms with Crippen LogP contribution in [-0.4, -0.2) is 41.6 Å². The zero-order valence-electron chi connectivity index (χ0n) is 10.4. The SMILES string of the molecule is CNCCNS(=O)(=O)c1cc(C(=O)OC)c(C)o1. The van der Waals surface area contributed by atoms with Crippen LogP contribution >= 0.6 is 0 Å². The summed E-state index contributed by atoms with van der Waals surface area (Å²) in [6.45, 7) is 2.22. The summed E-state index contributed by atoms with van der Waals surface area (Å²) >= 11 is 0. The third kappa shape index (κ3) is 3.31. The Morgan fingerprint density at radius 3 is 2.67 bits per heavy atom. The predicted octanol–water partition coefficient (Wildman–Crippen LogP) is -0.128. The summed E-state index contributed by atoms with van der Waals surface area (Å²) in [5.41, 5.74) is 0.103. The third-order valence-electron chi connectivity index (χ3n) is 2.23. The minimum absolute atomic E-state index is 0.103. The van der Waals surface area contributed by atoms with E-state index in [0.717, 1.165) is 6.07 Å². The summed E-state index contributed by atoms with van der Waals surface area (Å²) < 4.78 is 35.5. The second kappa shape index (κ2) is 5.98. The monoisotopic (exact) mass is 276 g/mol. The molecule has 0 unspecified atom stereocenters. The van der Waals surface area contributed by atoms with Gasteiger partial charge in [0.15, 0.2) is 0 Å².